The SMILES string of the molecule is CC(C)N(CCCCOCCCOC1CC(OC(C)(C)C)C1)C1CC(OC(C)(C)C)C1. The molecule has 31 heavy (non-hydrogen) atoms. The number of unbranched alkanes of at least 4 members (excludes halogenated alkanes) is 1. The molecule has 2 saturated carbocycles. The first-order valence-electron chi connectivity index (χ1n) is 12.7. The van der Waals surface area contributed by atoms with E-state index in [-0.39, 0.29) is 11.2 Å². The Bertz CT molecular complexity index is 485. The Balaban J connectivity index is 1.42. The summed E-state index contributed by atoms with van der Waals surface area (Å²) >= 11 is 0. The Hall–Kier alpha value is -0.200. The van der Waals surface area contributed by atoms with E-state index in [1.54, 1.807) is 0 Å². The van der Waals surface area contributed by atoms with Crippen LogP contribution in [-0.2, 0) is 18.9 Å². The molecule has 0 heterocycles. The molecule has 0 amide bonds. The van der Waals surface area contributed by atoms with Gasteiger partial charge in [0.2, 0.25) is 0 Å². The first-order valence-corrected chi connectivity index (χ1v) is 12.7. The minimum Gasteiger partial charge on any atom is -0.381 e. The van der Waals surface area contributed by atoms with Gasteiger partial charge in [0.15, 0.2) is 0 Å². The molecular formula is C26H51NO4. The van der Waals surface area contributed by atoms with Crippen molar-refractivity contribution in [3.05, 3.63) is 0 Å². The van der Waals surface area contributed by atoms with E-state index in [0.717, 1.165) is 52.0 Å². The van der Waals surface area contributed by atoms with E-state index in [2.05, 4.69) is 60.3 Å². The number of nitrogens with zero attached hydrogens (tertiary/aromatic N) is 1. The third kappa shape index (κ3) is 11.0. The van der Waals surface area contributed by atoms with E-state index >= 15 is 0 Å². The maximum atomic E-state index is 6.11. The van der Waals surface area contributed by atoms with Crippen LogP contribution in [0.25, 0.3) is 0 Å². The van der Waals surface area contributed by atoms with Gasteiger partial charge in [0, 0.05) is 31.9 Å². The van der Waals surface area contributed by atoms with E-state index in [1.807, 2.05) is 0 Å². The molecule has 0 radical (unpaired) electrons. The lowest BCUT2D eigenvalue weighted by molar-refractivity contribution is -0.149. The fraction of sp³-hybridized carbons (Fsp3) is 1.00. The Labute approximate surface area is 192 Å². The molecule has 0 spiro atoms. The predicted octanol–water partition coefficient (Wildman–Crippen LogP) is 5.59. The maximum absolute atomic E-state index is 6.11. The Morgan fingerprint density at radius 1 is 0.710 bits per heavy atom. The van der Waals surface area contributed by atoms with Crippen molar-refractivity contribution in [3.63, 3.8) is 0 Å². The van der Waals surface area contributed by atoms with Gasteiger partial charge in [-0.2, -0.15) is 0 Å². The first-order chi connectivity index (χ1) is 14.4. The minimum atomic E-state index is -0.0450. The van der Waals surface area contributed by atoms with Crippen molar-refractivity contribution in [2.24, 2.45) is 0 Å². The van der Waals surface area contributed by atoms with Gasteiger partial charge in [-0.05, 0) is 107 Å². The zero-order chi connectivity index (χ0) is 23.1. The van der Waals surface area contributed by atoms with Crippen LogP contribution in [0.3, 0.4) is 0 Å². The molecule has 0 aromatic carbocycles. The van der Waals surface area contributed by atoms with Gasteiger partial charge in [-0.15, -0.1) is 0 Å². The highest BCUT2D eigenvalue weighted by Gasteiger charge is 2.37. The summed E-state index contributed by atoms with van der Waals surface area (Å²) in [6.07, 6.45) is 8.94. The summed E-state index contributed by atoms with van der Waals surface area (Å²) in [7, 11) is 0. The van der Waals surface area contributed by atoms with Crippen LogP contribution < -0.4 is 0 Å². The lowest BCUT2D eigenvalue weighted by atomic mass is 9.86. The molecular weight excluding hydrogens is 390 g/mol. The molecule has 0 aromatic rings. The molecule has 5 nitrogen and oxygen atoms in total. The third-order valence-corrected chi connectivity index (χ3v) is 6.04. The van der Waals surface area contributed by atoms with Gasteiger partial charge in [-0.1, -0.05) is 0 Å². The molecule has 184 valence electrons. The van der Waals surface area contributed by atoms with Crippen LogP contribution in [0, 0.1) is 0 Å². The van der Waals surface area contributed by atoms with Crippen molar-refractivity contribution in [2.45, 2.75) is 142 Å². The number of ether oxygens (including phenoxy) is 4. The monoisotopic (exact) mass is 441 g/mol. The van der Waals surface area contributed by atoms with Crippen LogP contribution in [0.4, 0.5) is 0 Å². The molecule has 0 aliphatic heterocycles. The normalized spacial score (nSPS) is 26.9. The highest BCUT2D eigenvalue weighted by Crippen LogP contribution is 2.33. The van der Waals surface area contributed by atoms with Gasteiger partial charge < -0.3 is 18.9 Å². The predicted molar refractivity (Wildman–Crippen MR) is 128 cm³/mol. The summed E-state index contributed by atoms with van der Waals surface area (Å²) in [5, 5.41) is 0. The first kappa shape index (κ1) is 27.0. The van der Waals surface area contributed by atoms with Gasteiger partial charge in [-0.3, -0.25) is 4.90 Å². The topological polar surface area (TPSA) is 40.2 Å². The second-order valence-electron chi connectivity index (χ2n) is 11.8. The molecule has 2 aliphatic carbocycles. The van der Waals surface area contributed by atoms with Crippen molar-refractivity contribution in [1.29, 1.82) is 0 Å². The van der Waals surface area contributed by atoms with Gasteiger partial charge in [-0.25, -0.2) is 0 Å². The van der Waals surface area contributed by atoms with Crippen LogP contribution in [-0.4, -0.2) is 72.9 Å². The average Bonchev–Trinajstić information content (AvgIpc) is 2.55. The van der Waals surface area contributed by atoms with Crippen LogP contribution in [0.15, 0.2) is 0 Å². The van der Waals surface area contributed by atoms with Crippen LogP contribution in [0.5, 0.6) is 0 Å². The van der Waals surface area contributed by atoms with E-state index in [1.165, 1.54) is 19.3 Å². The molecule has 2 aliphatic rings. The van der Waals surface area contributed by atoms with Crippen molar-refractivity contribution in [3.8, 4) is 0 Å². The Morgan fingerprint density at radius 3 is 1.81 bits per heavy atom. The van der Waals surface area contributed by atoms with E-state index < -0.39 is 0 Å². The van der Waals surface area contributed by atoms with Gasteiger partial charge in [0.05, 0.1) is 29.5 Å². The van der Waals surface area contributed by atoms with Crippen LogP contribution >= 0.6 is 0 Å². The van der Waals surface area contributed by atoms with Gasteiger partial charge in [0.25, 0.3) is 0 Å². The number of hydrogen-bond acceptors (Lipinski definition) is 5. The quantitative estimate of drug-likeness (QED) is 0.329. The molecule has 0 bridgehead atoms. The second-order valence-corrected chi connectivity index (χ2v) is 11.8. The summed E-state index contributed by atoms with van der Waals surface area (Å²) in [6.45, 7) is 21.1. The highest BCUT2D eigenvalue weighted by atomic mass is 16.5. The summed E-state index contributed by atoms with van der Waals surface area (Å²) in [4.78, 5) is 2.66. The largest absolute Gasteiger partial charge is 0.381 e. The highest BCUT2D eigenvalue weighted by molar-refractivity contribution is 4.90. The molecule has 0 saturated heterocycles. The molecule has 0 atom stereocenters. The molecule has 2 rings (SSSR count). The molecule has 2 fully saturated rings. The fourth-order valence-corrected chi connectivity index (χ4v) is 4.53. The van der Waals surface area contributed by atoms with E-state index in [4.69, 9.17) is 18.9 Å². The lowest BCUT2D eigenvalue weighted by Crippen LogP contribution is -2.52. The number of rotatable bonds is 14. The van der Waals surface area contributed by atoms with Crippen molar-refractivity contribution in [2.75, 3.05) is 26.4 Å². The van der Waals surface area contributed by atoms with Gasteiger partial charge in [0.1, 0.15) is 0 Å². The van der Waals surface area contributed by atoms with Crippen molar-refractivity contribution in [1.82, 2.24) is 4.90 Å². The van der Waals surface area contributed by atoms with Gasteiger partial charge >= 0.3 is 0 Å². The summed E-state index contributed by atoms with van der Waals surface area (Å²) in [5.41, 5.74) is -0.0711. The Morgan fingerprint density at radius 2 is 1.26 bits per heavy atom. The summed E-state index contributed by atoms with van der Waals surface area (Å²) in [6, 6.07) is 1.28. The fourth-order valence-electron chi connectivity index (χ4n) is 4.53. The number of hydrogen-bond donors (Lipinski definition) is 0. The van der Waals surface area contributed by atoms with Crippen LogP contribution in [0.2, 0.25) is 0 Å². The van der Waals surface area contributed by atoms with Crippen molar-refractivity contribution >= 4 is 0 Å². The zero-order valence-electron chi connectivity index (χ0n) is 21.7. The van der Waals surface area contributed by atoms with Crippen LogP contribution in [0.1, 0.15) is 100 Å². The molecule has 5 heteroatoms. The standard InChI is InChI=1S/C26H51NO4/c1-20(2)27(21-16-23(17-21)30-25(3,4)5)12-9-10-13-28-14-11-15-29-22-18-24(19-22)31-26(6,7)8/h20-24H,9-19H2,1-8H3. The summed E-state index contributed by atoms with van der Waals surface area (Å²) in [5.74, 6) is 0. The molecule has 0 aromatic heterocycles. The molecule has 0 N–H and O–H groups in total. The summed E-state index contributed by atoms with van der Waals surface area (Å²) < 4.78 is 23.8. The Kier molecular flexibility index (Phi) is 10.7. The van der Waals surface area contributed by atoms with Crippen molar-refractivity contribution < 1.29 is 18.9 Å². The smallest absolute Gasteiger partial charge is 0.0631 e. The average molecular weight is 442 g/mol. The maximum Gasteiger partial charge on any atom is 0.0631 e. The molecule has 0 unspecified atom stereocenters. The minimum absolute atomic E-state index is 0.0261. The second kappa shape index (κ2) is 12.3. The lowest BCUT2D eigenvalue weighted by Gasteiger charge is -2.46. The van der Waals surface area contributed by atoms with E-state index in [9.17, 15) is 0 Å². The third-order valence-electron chi connectivity index (χ3n) is 6.04. The zero-order valence-corrected chi connectivity index (χ0v) is 21.7. The van der Waals surface area contributed by atoms with E-state index in [0.29, 0.717) is 30.4 Å².